The molecular weight excluding hydrogens is 320 g/mol. The second-order valence-corrected chi connectivity index (χ2v) is 6.39. The molecule has 17 heavy (non-hydrogen) atoms. The zero-order valence-electron chi connectivity index (χ0n) is 9.50. The summed E-state index contributed by atoms with van der Waals surface area (Å²) in [5, 5.41) is 1.58. The van der Waals surface area contributed by atoms with Crippen LogP contribution in [0.2, 0.25) is 5.02 Å². The maximum absolute atomic E-state index is 6.21. The van der Waals surface area contributed by atoms with Crippen LogP contribution in [0.5, 0.6) is 0 Å². The quantitative estimate of drug-likeness (QED) is 0.894. The van der Waals surface area contributed by atoms with Gasteiger partial charge in [0, 0.05) is 14.4 Å². The van der Waals surface area contributed by atoms with Crippen LogP contribution in [0.3, 0.4) is 0 Å². The molecule has 0 fully saturated rings. The molecule has 2 N–H and O–H groups in total. The van der Waals surface area contributed by atoms with Crippen molar-refractivity contribution >= 4 is 38.9 Å². The smallest absolute Gasteiger partial charge is 0.114 e. The zero-order chi connectivity index (χ0) is 12.6. The predicted octanol–water partition coefficient (Wildman–Crippen LogP) is 4.22. The minimum absolute atomic E-state index is 0.266. The van der Waals surface area contributed by atoms with Crippen LogP contribution in [-0.4, -0.2) is 4.98 Å². The molecule has 5 heteroatoms. The van der Waals surface area contributed by atoms with Gasteiger partial charge in [-0.25, -0.2) is 4.98 Å². The van der Waals surface area contributed by atoms with Crippen LogP contribution in [0.15, 0.2) is 22.7 Å². The number of nitrogens with zero attached hydrogens (tertiary/aromatic N) is 1. The summed E-state index contributed by atoms with van der Waals surface area (Å²) in [5.41, 5.74) is 8.14. The SMILES string of the molecule is Cc1nc(C(N)c2cc(Br)ccc2Cl)sc1C. The molecule has 0 aliphatic heterocycles. The van der Waals surface area contributed by atoms with E-state index in [1.807, 2.05) is 32.0 Å². The molecule has 2 aromatic rings. The molecule has 1 atom stereocenters. The number of aromatic nitrogens is 1. The molecule has 0 saturated carbocycles. The lowest BCUT2D eigenvalue weighted by Crippen LogP contribution is -2.12. The molecule has 1 unspecified atom stereocenters. The molecule has 2 nitrogen and oxygen atoms in total. The largest absolute Gasteiger partial charge is 0.318 e. The van der Waals surface area contributed by atoms with Gasteiger partial charge in [-0.15, -0.1) is 11.3 Å². The van der Waals surface area contributed by atoms with E-state index in [9.17, 15) is 0 Å². The number of thiazole rings is 1. The number of hydrogen-bond donors (Lipinski definition) is 1. The molecule has 0 saturated heterocycles. The van der Waals surface area contributed by atoms with E-state index in [1.54, 1.807) is 11.3 Å². The van der Waals surface area contributed by atoms with Gasteiger partial charge in [-0.3, -0.25) is 0 Å². The van der Waals surface area contributed by atoms with E-state index >= 15 is 0 Å². The zero-order valence-corrected chi connectivity index (χ0v) is 12.7. The molecule has 2 rings (SSSR count). The van der Waals surface area contributed by atoms with Crippen LogP contribution < -0.4 is 5.73 Å². The van der Waals surface area contributed by atoms with Crippen molar-refractivity contribution in [3.05, 3.63) is 48.8 Å². The maximum atomic E-state index is 6.21. The summed E-state index contributed by atoms with van der Waals surface area (Å²) >= 11 is 11.2. The fourth-order valence-corrected chi connectivity index (χ4v) is 3.07. The Bertz CT molecular complexity index is 534. The second kappa shape index (κ2) is 5.06. The van der Waals surface area contributed by atoms with Gasteiger partial charge in [0.1, 0.15) is 5.01 Å². The Morgan fingerprint density at radius 2 is 2.12 bits per heavy atom. The molecular formula is C12H12BrClN2S. The summed E-state index contributed by atoms with van der Waals surface area (Å²) < 4.78 is 0.970. The number of aryl methyl sites for hydroxylation is 2. The number of rotatable bonds is 2. The lowest BCUT2D eigenvalue weighted by atomic mass is 10.1. The molecule has 0 radical (unpaired) electrons. The van der Waals surface area contributed by atoms with E-state index in [0.29, 0.717) is 5.02 Å². The van der Waals surface area contributed by atoms with Gasteiger partial charge >= 0.3 is 0 Å². The third-order valence-electron chi connectivity index (χ3n) is 2.60. The van der Waals surface area contributed by atoms with Crippen molar-refractivity contribution in [2.75, 3.05) is 0 Å². The van der Waals surface area contributed by atoms with Crippen molar-refractivity contribution in [3.8, 4) is 0 Å². The first-order valence-electron chi connectivity index (χ1n) is 5.13. The molecule has 0 bridgehead atoms. The summed E-state index contributed by atoms with van der Waals surface area (Å²) in [6.07, 6.45) is 0. The first-order valence-corrected chi connectivity index (χ1v) is 7.12. The lowest BCUT2D eigenvalue weighted by molar-refractivity contribution is 0.851. The van der Waals surface area contributed by atoms with Gasteiger partial charge in [0.25, 0.3) is 0 Å². The van der Waals surface area contributed by atoms with Crippen molar-refractivity contribution in [2.24, 2.45) is 5.73 Å². The third kappa shape index (κ3) is 2.71. The first kappa shape index (κ1) is 13.0. The summed E-state index contributed by atoms with van der Waals surface area (Å²) in [6.45, 7) is 4.04. The van der Waals surface area contributed by atoms with Crippen molar-refractivity contribution < 1.29 is 0 Å². The van der Waals surface area contributed by atoms with Crippen molar-refractivity contribution in [3.63, 3.8) is 0 Å². The predicted molar refractivity (Wildman–Crippen MR) is 76.8 cm³/mol. The molecule has 0 aliphatic rings. The fraction of sp³-hybridized carbons (Fsp3) is 0.250. The summed E-state index contributed by atoms with van der Waals surface area (Å²) in [4.78, 5) is 5.67. The van der Waals surface area contributed by atoms with E-state index in [0.717, 1.165) is 20.7 Å². The van der Waals surface area contributed by atoms with Gasteiger partial charge in [0.15, 0.2) is 0 Å². The van der Waals surface area contributed by atoms with E-state index < -0.39 is 0 Å². The minimum atomic E-state index is -0.266. The highest BCUT2D eigenvalue weighted by molar-refractivity contribution is 9.10. The Kier molecular flexibility index (Phi) is 3.88. The van der Waals surface area contributed by atoms with Crippen LogP contribution in [-0.2, 0) is 0 Å². The lowest BCUT2D eigenvalue weighted by Gasteiger charge is -2.11. The van der Waals surface area contributed by atoms with Gasteiger partial charge < -0.3 is 5.73 Å². The Morgan fingerprint density at radius 3 is 2.71 bits per heavy atom. The monoisotopic (exact) mass is 330 g/mol. The van der Waals surface area contributed by atoms with Gasteiger partial charge in [-0.05, 0) is 37.6 Å². The Labute approximate surface area is 118 Å². The Morgan fingerprint density at radius 1 is 1.41 bits per heavy atom. The van der Waals surface area contributed by atoms with Crippen molar-refractivity contribution in [1.29, 1.82) is 0 Å². The van der Waals surface area contributed by atoms with Crippen LogP contribution in [0, 0.1) is 13.8 Å². The third-order valence-corrected chi connectivity index (χ3v) is 4.60. The highest BCUT2D eigenvalue weighted by atomic mass is 79.9. The van der Waals surface area contributed by atoms with E-state index in [2.05, 4.69) is 20.9 Å². The summed E-state index contributed by atoms with van der Waals surface area (Å²) in [5.74, 6) is 0. The number of benzene rings is 1. The second-order valence-electron chi connectivity index (χ2n) is 3.84. The highest BCUT2D eigenvalue weighted by Crippen LogP contribution is 2.31. The van der Waals surface area contributed by atoms with Gasteiger partial charge in [0.2, 0.25) is 0 Å². The van der Waals surface area contributed by atoms with Crippen molar-refractivity contribution in [1.82, 2.24) is 4.98 Å². The van der Waals surface area contributed by atoms with Crippen LogP contribution in [0.25, 0.3) is 0 Å². The molecule has 1 aromatic carbocycles. The topological polar surface area (TPSA) is 38.9 Å². The van der Waals surface area contributed by atoms with E-state index in [1.165, 1.54) is 4.88 Å². The minimum Gasteiger partial charge on any atom is -0.318 e. The Hall–Kier alpha value is -0.420. The number of halogens is 2. The maximum Gasteiger partial charge on any atom is 0.114 e. The van der Waals surface area contributed by atoms with Gasteiger partial charge in [-0.2, -0.15) is 0 Å². The number of hydrogen-bond acceptors (Lipinski definition) is 3. The average Bonchev–Trinajstić information content (AvgIpc) is 2.62. The molecule has 90 valence electrons. The van der Waals surface area contributed by atoms with Crippen LogP contribution in [0.4, 0.5) is 0 Å². The normalized spacial score (nSPS) is 12.8. The average molecular weight is 332 g/mol. The standard InChI is InChI=1S/C12H12BrClN2S/c1-6-7(2)17-12(16-6)11(15)9-5-8(13)3-4-10(9)14/h3-5,11H,15H2,1-2H3. The molecule has 0 amide bonds. The molecule has 1 aromatic heterocycles. The van der Waals surface area contributed by atoms with Crippen molar-refractivity contribution in [2.45, 2.75) is 19.9 Å². The van der Waals surface area contributed by atoms with Crippen LogP contribution >= 0.6 is 38.9 Å². The Balaban J connectivity index is 2.42. The van der Waals surface area contributed by atoms with Crippen LogP contribution in [0.1, 0.15) is 27.2 Å². The molecule has 0 aliphatic carbocycles. The van der Waals surface area contributed by atoms with Gasteiger partial charge in [0.05, 0.1) is 11.7 Å². The first-order chi connectivity index (χ1) is 7.99. The highest BCUT2D eigenvalue weighted by Gasteiger charge is 2.17. The van der Waals surface area contributed by atoms with E-state index in [-0.39, 0.29) is 6.04 Å². The molecule has 0 spiro atoms. The molecule has 1 heterocycles. The summed E-state index contributed by atoms with van der Waals surface area (Å²) in [6, 6.07) is 5.42. The van der Waals surface area contributed by atoms with E-state index in [4.69, 9.17) is 17.3 Å². The summed E-state index contributed by atoms with van der Waals surface area (Å²) in [7, 11) is 0. The number of nitrogens with two attached hydrogens (primary N) is 1. The van der Waals surface area contributed by atoms with Gasteiger partial charge in [-0.1, -0.05) is 27.5 Å². The fourth-order valence-electron chi connectivity index (χ4n) is 1.52.